The van der Waals surface area contributed by atoms with Crippen LogP contribution in [0, 0.1) is 17.5 Å². The molecule has 0 bridgehead atoms. The molecule has 2 aliphatic heterocycles. The molecule has 0 saturated carbocycles. The van der Waals surface area contributed by atoms with E-state index in [1.807, 2.05) is 4.90 Å². The second kappa shape index (κ2) is 9.16. The van der Waals surface area contributed by atoms with Gasteiger partial charge in [0.15, 0.2) is 17.3 Å². The van der Waals surface area contributed by atoms with Gasteiger partial charge in [-0.1, -0.05) is 0 Å². The van der Waals surface area contributed by atoms with Crippen LogP contribution in [0.2, 0.25) is 0 Å². The number of anilines is 2. The van der Waals surface area contributed by atoms with Crippen LogP contribution in [-0.2, 0) is 0 Å². The van der Waals surface area contributed by atoms with Gasteiger partial charge in [-0.05, 0) is 30.3 Å². The molecule has 0 radical (unpaired) electrons. The van der Waals surface area contributed by atoms with Crippen LogP contribution in [0.1, 0.15) is 20.7 Å². The van der Waals surface area contributed by atoms with E-state index < -0.39 is 28.9 Å². The molecule has 2 aliphatic rings. The number of benzene rings is 2. The summed E-state index contributed by atoms with van der Waals surface area (Å²) >= 11 is 0. The van der Waals surface area contributed by atoms with E-state index in [0.717, 1.165) is 0 Å². The van der Waals surface area contributed by atoms with Crippen molar-refractivity contribution in [3.05, 3.63) is 77.2 Å². The summed E-state index contributed by atoms with van der Waals surface area (Å²) < 4.78 is 51.9. The van der Waals surface area contributed by atoms with Gasteiger partial charge in [-0.25, -0.2) is 18.2 Å². The zero-order chi connectivity index (χ0) is 24.5. The summed E-state index contributed by atoms with van der Waals surface area (Å²) in [6.45, 7) is 1.02. The number of nitrogens with zero attached hydrogens (tertiary/aromatic N) is 3. The van der Waals surface area contributed by atoms with Gasteiger partial charge in [0.1, 0.15) is 23.0 Å². The second-order valence-electron chi connectivity index (χ2n) is 7.92. The normalized spacial score (nSPS) is 14.7. The Labute approximate surface area is 197 Å². The molecule has 2 amide bonds. The molecule has 0 aliphatic carbocycles. The molecule has 5 rings (SSSR count). The van der Waals surface area contributed by atoms with Crippen molar-refractivity contribution in [1.29, 1.82) is 0 Å². The molecule has 1 saturated heterocycles. The highest BCUT2D eigenvalue weighted by Crippen LogP contribution is 2.33. The molecule has 35 heavy (non-hydrogen) atoms. The van der Waals surface area contributed by atoms with E-state index in [4.69, 9.17) is 9.47 Å². The summed E-state index contributed by atoms with van der Waals surface area (Å²) in [5.41, 5.74) is 0.0581. The lowest BCUT2D eigenvalue weighted by atomic mass is 10.1. The van der Waals surface area contributed by atoms with Gasteiger partial charge in [0.25, 0.3) is 11.8 Å². The number of rotatable bonds is 4. The first-order valence-electron chi connectivity index (χ1n) is 10.8. The zero-order valence-electron chi connectivity index (χ0n) is 18.3. The number of halogens is 3. The van der Waals surface area contributed by atoms with E-state index in [9.17, 15) is 22.8 Å². The third-order valence-corrected chi connectivity index (χ3v) is 5.76. The van der Waals surface area contributed by atoms with Crippen molar-refractivity contribution in [2.45, 2.75) is 0 Å². The zero-order valence-corrected chi connectivity index (χ0v) is 18.3. The van der Waals surface area contributed by atoms with Gasteiger partial charge in [0.05, 0.1) is 5.69 Å². The summed E-state index contributed by atoms with van der Waals surface area (Å²) in [6, 6.07) is 9.21. The van der Waals surface area contributed by atoms with Crippen LogP contribution in [0.3, 0.4) is 0 Å². The third-order valence-electron chi connectivity index (χ3n) is 5.76. The highest BCUT2D eigenvalue weighted by Gasteiger charge is 2.28. The van der Waals surface area contributed by atoms with Gasteiger partial charge in [0.2, 0.25) is 6.79 Å². The van der Waals surface area contributed by atoms with Crippen molar-refractivity contribution in [1.82, 2.24) is 9.88 Å². The molecule has 2 aromatic carbocycles. The highest BCUT2D eigenvalue weighted by molar-refractivity contribution is 6.06. The number of aromatic nitrogens is 1. The topological polar surface area (TPSA) is 84.0 Å². The quantitative estimate of drug-likeness (QED) is 0.611. The van der Waals surface area contributed by atoms with E-state index in [-0.39, 0.29) is 25.8 Å². The standard InChI is InChI=1S/C24H19F3N4O4/c25-15-11-16(26)21(17(27)12-15)24(33)31-8-6-30(7-9-31)22-18(2-1-5-28-22)29-23(32)14-3-4-19-20(10-14)35-13-34-19/h1-5,10-12H,6-9,13H2,(H,29,32). The Morgan fingerprint density at radius 1 is 0.914 bits per heavy atom. The van der Waals surface area contributed by atoms with Crippen molar-refractivity contribution < 1.29 is 32.2 Å². The van der Waals surface area contributed by atoms with Crippen molar-refractivity contribution in [3.8, 4) is 11.5 Å². The summed E-state index contributed by atoms with van der Waals surface area (Å²) in [4.78, 5) is 33.0. The summed E-state index contributed by atoms with van der Waals surface area (Å²) in [5.74, 6) is -3.25. The molecule has 1 N–H and O–H groups in total. The van der Waals surface area contributed by atoms with Crippen molar-refractivity contribution >= 4 is 23.3 Å². The molecule has 0 unspecified atom stereocenters. The molecule has 3 aromatic rings. The molecular weight excluding hydrogens is 465 g/mol. The maximum absolute atomic E-state index is 14.0. The maximum Gasteiger partial charge on any atom is 0.259 e. The molecule has 1 aromatic heterocycles. The van der Waals surface area contributed by atoms with E-state index in [0.29, 0.717) is 53.8 Å². The number of ether oxygens (including phenoxy) is 2. The fraction of sp³-hybridized carbons (Fsp3) is 0.208. The molecule has 0 atom stereocenters. The largest absolute Gasteiger partial charge is 0.454 e. The van der Waals surface area contributed by atoms with Crippen molar-refractivity contribution in [2.24, 2.45) is 0 Å². The number of nitrogens with one attached hydrogen (secondary N) is 1. The predicted molar refractivity (Wildman–Crippen MR) is 119 cm³/mol. The highest BCUT2D eigenvalue weighted by atomic mass is 19.1. The van der Waals surface area contributed by atoms with Crippen LogP contribution in [-0.4, -0.2) is 54.7 Å². The number of carbonyl (C=O) groups excluding carboxylic acids is 2. The fourth-order valence-electron chi connectivity index (χ4n) is 4.00. The smallest absolute Gasteiger partial charge is 0.259 e. The third kappa shape index (κ3) is 4.44. The number of pyridine rings is 1. The Morgan fingerprint density at radius 3 is 2.37 bits per heavy atom. The minimum absolute atomic E-state index is 0.0993. The summed E-state index contributed by atoms with van der Waals surface area (Å²) in [7, 11) is 0. The lowest BCUT2D eigenvalue weighted by Crippen LogP contribution is -2.49. The minimum Gasteiger partial charge on any atom is -0.454 e. The van der Waals surface area contributed by atoms with Crippen LogP contribution in [0.4, 0.5) is 24.7 Å². The molecule has 180 valence electrons. The Kier molecular flexibility index (Phi) is 5.89. The SMILES string of the molecule is O=C(Nc1cccnc1N1CCN(C(=O)c2c(F)cc(F)cc2F)CC1)c1ccc2c(c1)OCO2. The van der Waals surface area contributed by atoms with Gasteiger partial charge in [-0.15, -0.1) is 0 Å². The Bertz CT molecular complexity index is 1290. The van der Waals surface area contributed by atoms with Gasteiger partial charge in [0, 0.05) is 50.1 Å². The number of piperazine rings is 1. The van der Waals surface area contributed by atoms with Crippen LogP contribution < -0.4 is 19.7 Å². The molecular formula is C24H19F3N4O4. The van der Waals surface area contributed by atoms with Crippen LogP contribution in [0.5, 0.6) is 11.5 Å². The predicted octanol–water partition coefficient (Wildman–Crippen LogP) is 3.44. The van der Waals surface area contributed by atoms with E-state index in [2.05, 4.69) is 10.3 Å². The van der Waals surface area contributed by atoms with Crippen LogP contribution in [0.25, 0.3) is 0 Å². The van der Waals surface area contributed by atoms with E-state index in [1.54, 1.807) is 36.5 Å². The number of carbonyl (C=O) groups is 2. The number of amides is 2. The average Bonchev–Trinajstić information content (AvgIpc) is 3.32. The number of hydrogen-bond donors (Lipinski definition) is 1. The average molecular weight is 484 g/mol. The monoisotopic (exact) mass is 484 g/mol. The molecule has 8 nitrogen and oxygen atoms in total. The Hall–Kier alpha value is -4.28. The molecule has 11 heteroatoms. The van der Waals surface area contributed by atoms with E-state index >= 15 is 0 Å². The molecule has 3 heterocycles. The first-order valence-corrected chi connectivity index (χ1v) is 10.8. The van der Waals surface area contributed by atoms with Crippen LogP contribution >= 0.6 is 0 Å². The lowest BCUT2D eigenvalue weighted by Gasteiger charge is -2.36. The number of hydrogen-bond acceptors (Lipinski definition) is 6. The maximum atomic E-state index is 14.0. The fourth-order valence-corrected chi connectivity index (χ4v) is 4.00. The van der Waals surface area contributed by atoms with Gasteiger partial charge >= 0.3 is 0 Å². The van der Waals surface area contributed by atoms with E-state index in [1.165, 1.54) is 4.90 Å². The van der Waals surface area contributed by atoms with Crippen molar-refractivity contribution in [3.63, 3.8) is 0 Å². The molecule has 0 spiro atoms. The van der Waals surface area contributed by atoms with Crippen molar-refractivity contribution in [2.75, 3.05) is 43.2 Å². The first-order chi connectivity index (χ1) is 16.9. The van der Waals surface area contributed by atoms with Crippen LogP contribution in [0.15, 0.2) is 48.7 Å². The second-order valence-corrected chi connectivity index (χ2v) is 7.92. The Morgan fingerprint density at radius 2 is 1.63 bits per heavy atom. The Balaban J connectivity index is 1.28. The first kappa shape index (κ1) is 22.5. The van der Waals surface area contributed by atoms with Gasteiger partial charge in [-0.3, -0.25) is 9.59 Å². The molecule has 1 fully saturated rings. The van der Waals surface area contributed by atoms with Gasteiger partial charge < -0.3 is 24.6 Å². The number of fused-ring (bicyclic) bond motifs is 1. The summed E-state index contributed by atoms with van der Waals surface area (Å²) in [6.07, 6.45) is 1.58. The lowest BCUT2D eigenvalue weighted by molar-refractivity contribution is 0.0736. The minimum atomic E-state index is -1.24. The van der Waals surface area contributed by atoms with Gasteiger partial charge in [-0.2, -0.15) is 0 Å². The summed E-state index contributed by atoms with van der Waals surface area (Å²) in [5, 5.41) is 2.84.